The molecule has 1 saturated carbocycles. The fraction of sp³-hybridized carbons (Fsp3) is 0.938. The number of hydrogen-bond acceptors (Lipinski definition) is 4. The molecule has 0 radical (unpaired) electrons. The SMILES string of the molecule is CN1CCN(C(=O)CN(CC2CCCNC2)C2CC2)CC1. The molecule has 0 aromatic rings. The topological polar surface area (TPSA) is 38.8 Å². The van der Waals surface area contributed by atoms with E-state index in [0.717, 1.165) is 45.2 Å². The van der Waals surface area contributed by atoms with Gasteiger partial charge in [-0.05, 0) is 51.7 Å². The molecule has 0 bridgehead atoms. The van der Waals surface area contributed by atoms with Gasteiger partial charge in [0.1, 0.15) is 0 Å². The number of carbonyl (C=O) groups excluding carboxylic acids is 1. The van der Waals surface area contributed by atoms with E-state index in [1.54, 1.807) is 0 Å². The van der Waals surface area contributed by atoms with Crippen LogP contribution in [0.2, 0.25) is 0 Å². The maximum Gasteiger partial charge on any atom is 0.236 e. The maximum atomic E-state index is 12.5. The van der Waals surface area contributed by atoms with Crippen molar-refractivity contribution >= 4 is 5.91 Å². The normalized spacial score (nSPS) is 28.1. The summed E-state index contributed by atoms with van der Waals surface area (Å²) in [5.41, 5.74) is 0. The van der Waals surface area contributed by atoms with Crippen molar-refractivity contribution in [1.82, 2.24) is 20.0 Å². The maximum absolute atomic E-state index is 12.5. The molecule has 2 saturated heterocycles. The summed E-state index contributed by atoms with van der Waals surface area (Å²) in [6.45, 7) is 7.88. The van der Waals surface area contributed by atoms with Gasteiger partial charge < -0.3 is 15.1 Å². The summed E-state index contributed by atoms with van der Waals surface area (Å²) in [7, 11) is 2.13. The van der Waals surface area contributed by atoms with Crippen molar-refractivity contribution in [3.8, 4) is 0 Å². The molecule has 0 aromatic heterocycles. The molecule has 0 aromatic carbocycles. The van der Waals surface area contributed by atoms with Gasteiger partial charge in [0.05, 0.1) is 6.54 Å². The van der Waals surface area contributed by atoms with Gasteiger partial charge in [0.25, 0.3) is 0 Å². The Balaban J connectivity index is 1.48. The van der Waals surface area contributed by atoms with E-state index in [0.29, 0.717) is 18.5 Å². The molecule has 1 unspecified atom stereocenters. The number of likely N-dealkylation sites (N-methyl/N-ethyl adjacent to an activating group) is 1. The molecule has 1 amide bonds. The molecule has 5 heteroatoms. The Kier molecular flexibility index (Phi) is 5.14. The summed E-state index contributed by atoms with van der Waals surface area (Å²) < 4.78 is 0. The zero-order chi connectivity index (χ0) is 14.7. The van der Waals surface area contributed by atoms with Gasteiger partial charge >= 0.3 is 0 Å². The van der Waals surface area contributed by atoms with E-state index in [1.165, 1.54) is 32.2 Å². The van der Waals surface area contributed by atoms with E-state index in [9.17, 15) is 4.79 Å². The second-order valence-corrected chi connectivity index (χ2v) is 7.06. The van der Waals surface area contributed by atoms with Gasteiger partial charge in [0.2, 0.25) is 5.91 Å². The highest BCUT2D eigenvalue weighted by Crippen LogP contribution is 2.28. The Morgan fingerprint density at radius 1 is 1.19 bits per heavy atom. The second kappa shape index (κ2) is 7.07. The first-order chi connectivity index (χ1) is 10.2. The molecular formula is C16H30N4O. The number of hydrogen-bond donors (Lipinski definition) is 1. The van der Waals surface area contributed by atoms with Crippen LogP contribution in [-0.4, -0.2) is 86.1 Å². The molecule has 1 N–H and O–H groups in total. The number of piperazine rings is 1. The predicted octanol–water partition coefficient (Wildman–Crippen LogP) is 0.224. The van der Waals surface area contributed by atoms with Crippen molar-refractivity contribution in [2.75, 3.05) is 59.4 Å². The fourth-order valence-electron chi connectivity index (χ4n) is 3.52. The molecule has 1 aliphatic carbocycles. The first kappa shape index (κ1) is 15.3. The molecule has 2 aliphatic heterocycles. The Morgan fingerprint density at radius 2 is 1.95 bits per heavy atom. The number of rotatable bonds is 5. The zero-order valence-electron chi connectivity index (χ0n) is 13.4. The van der Waals surface area contributed by atoms with E-state index in [1.807, 2.05) is 0 Å². The standard InChI is InChI=1S/C16H30N4O/c1-18-7-9-19(10-8-18)16(21)13-20(15-4-5-15)12-14-3-2-6-17-11-14/h14-15,17H,2-13H2,1H3. The number of nitrogens with zero attached hydrogens (tertiary/aromatic N) is 3. The van der Waals surface area contributed by atoms with Crippen LogP contribution >= 0.6 is 0 Å². The van der Waals surface area contributed by atoms with Gasteiger partial charge in [-0.25, -0.2) is 0 Å². The quantitative estimate of drug-likeness (QED) is 0.787. The monoisotopic (exact) mass is 294 g/mol. The third-order valence-electron chi connectivity index (χ3n) is 5.15. The van der Waals surface area contributed by atoms with E-state index >= 15 is 0 Å². The van der Waals surface area contributed by atoms with Crippen molar-refractivity contribution in [3.63, 3.8) is 0 Å². The third kappa shape index (κ3) is 4.41. The van der Waals surface area contributed by atoms with Gasteiger partial charge in [-0.3, -0.25) is 9.69 Å². The average molecular weight is 294 g/mol. The summed E-state index contributed by atoms with van der Waals surface area (Å²) in [6, 6.07) is 0.684. The van der Waals surface area contributed by atoms with E-state index < -0.39 is 0 Å². The predicted molar refractivity (Wildman–Crippen MR) is 84.3 cm³/mol. The van der Waals surface area contributed by atoms with E-state index in [2.05, 4.69) is 27.1 Å². The lowest BCUT2D eigenvalue weighted by Gasteiger charge is -2.35. The van der Waals surface area contributed by atoms with Crippen LogP contribution in [0.15, 0.2) is 0 Å². The van der Waals surface area contributed by atoms with Crippen molar-refractivity contribution in [1.29, 1.82) is 0 Å². The largest absolute Gasteiger partial charge is 0.339 e. The summed E-state index contributed by atoms with van der Waals surface area (Å²) >= 11 is 0. The lowest BCUT2D eigenvalue weighted by Crippen LogP contribution is -2.51. The van der Waals surface area contributed by atoms with Crippen LogP contribution in [0.25, 0.3) is 0 Å². The molecular weight excluding hydrogens is 264 g/mol. The Bertz CT molecular complexity index is 344. The van der Waals surface area contributed by atoms with Crippen molar-refractivity contribution in [2.24, 2.45) is 5.92 Å². The molecule has 1 atom stereocenters. The number of nitrogens with one attached hydrogen (secondary N) is 1. The van der Waals surface area contributed by atoms with E-state index in [-0.39, 0.29) is 0 Å². The van der Waals surface area contributed by atoms with Gasteiger partial charge in [-0.1, -0.05) is 0 Å². The van der Waals surface area contributed by atoms with Crippen LogP contribution in [0, 0.1) is 5.92 Å². The molecule has 3 rings (SSSR count). The second-order valence-electron chi connectivity index (χ2n) is 7.06. The van der Waals surface area contributed by atoms with Gasteiger partial charge in [0, 0.05) is 38.8 Å². The van der Waals surface area contributed by atoms with E-state index in [4.69, 9.17) is 0 Å². The van der Waals surface area contributed by atoms with Gasteiger partial charge in [0.15, 0.2) is 0 Å². The van der Waals surface area contributed by atoms with Crippen molar-refractivity contribution < 1.29 is 4.79 Å². The van der Waals surface area contributed by atoms with Gasteiger partial charge in [-0.15, -0.1) is 0 Å². The minimum Gasteiger partial charge on any atom is -0.339 e. The zero-order valence-corrected chi connectivity index (χ0v) is 13.4. The van der Waals surface area contributed by atoms with Crippen LogP contribution in [0.5, 0.6) is 0 Å². The van der Waals surface area contributed by atoms with Crippen molar-refractivity contribution in [2.45, 2.75) is 31.7 Å². The van der Waals surface area contributed by atoms with Crippen LogP contribution < -0.4 is 5.32 Å². The molecule has 0 spiro atoms. The summed E-state index contributed by atoms with van der Waals surface area (Å²) in [4.78, 5) is 19.4. The Hall–Kier alpha value is -0.650. The summed E-state index contributed by atoms with van der Waals surface area (Å²) in [5, 5.41) is 3.49. The molecule has 5 nitrogen and oxygen atoms in total. The highest BCUT2D eigenvalue weighted by Gasteiger charge is 2.33. The van der Waals surface area contributed by atoms with Crippen LogP contribution in [0.3, 0.4) is 0 Å². The molecule has 21 heavy (non-hydrogen) atoms. The molecule has 2 heterocycles. The first-order valence-electron chi connectivity index (χ1n) is 8.63. The van der Waals surface area contributed by atoms with Crippen LogP contribution in [0.1, 0.15) is 25.7 Å². The van der Waals surface area contributed by atoms with Gasteiger partial charge in [-0.2, -0.15) is 0 Å². The highest BCUT2D eigenvalue weighted by molar-refractivity contribution is 5.78. The number of carbonyl (C=O) groups is 1. The summed E-state index contributed by atoms with van der Waals surface area (Å²) in [5.74, 6) is 1.08. The lowest BCUT2D eigenvalue weighted by molar-refractivity contribution is -0.134. The fourth-order valence-corrected chi connectivity index (χ4v) is 3.52. The highest BCUT2D eigenvalue weighted by atomic mass is 16.2. The molecule has 3 fully saturated rings. The minimum atomic E-state index is 0.346. The minimum absolute atomic E-state index is 0.346. The molecule has 3 aliphatic rings. The average Bonchev–Trinajstić information content (AvgIpc) is 3.33. The summed E-state index contributed by atoms with van der Waals surface area (Å²) in [6.07, 6.45) is 5.18. The third-order valence-corrected chi connectivity index (χ3v) is 5.15. The van der Waals surface area contributed by atoms with Crippen molar-refractivity contribution in [3.05, 3.63) is 0 Å². The van der Waals surface area contributed by atoms with Crippen LogP contribution in [0.4, 0.5) is 0 Å². The lowest BCUT2D eigenvalue weighted by atomic mass is 9.99. The molecule has 120 valence electrons. The number of piperidine rings is 1. The Labute approximate surface area is 128 Å². The van der Waals surface area contributed by atoms with Crippen LogP contribution in [-0.2, 0) is 4.79 Å². The Morgan fingerprint density at radius 3 is 2.57 bits per heavy atom. The first-order valence-corrected chi connectivity index (χ1v) is 8.63. The smallest absolute Gasteiger partial charge is 0.236 e. The number of amides is 1.